The molecular weight excluding hydrogens is 248 g/mol. The number of ether oxygens (including phenoxy) is 1. The van der Waals surface area contributed by atoms with Gasteiger partial charge in [0.1, 0.15) is 13.2 Å². The third-order valence-electron chi connectivity index (χ3n) is 1.41. The Balaban J connectivity index is 2.75. The molecule has 0 aliphatic heterocycles. The van der Waals surface area contributed by atoms with Crippen LogP contribution in [0.2, 0.25) is 15.1 Å². The van der Waals surface area contributed by atoms with Gasteiger partial charge in [-0.25, -0.2) is 5.90 Å². The first kappa shape index (κ1) is 11.9. The number of hydrogen-bond donors (Lipinski definition) is 1. The maximum Gasteiger partial charge on any atom is 0.156 e. The van der Waals surface area contributed by atoms with E-state index < -0.39 is 0 Å². The Morgan fingerprint density at radius 2 is 1.64 bits per heavy atom. The normalized spacial score (nSPS) is 10.3. The molecule has 0 unspecified atom stereocenters. The minimum absolute atomic E-state index is 0.259. The van der Waals surface area contributed by atoms with Crippen molar-refractivity contribution in [3.8, 4) is 5.75 Å². The van der Waals surface area contributed by atoms with Crippen LogP contribution in [0.25, 0.3) is 0 Å². The van der Waals surface area contributed by atoms with E-state index in [4.69, 9.17) is 45.4 Å². The predicted octanol–water partition coefficient (Wildman–Crippen LogP) is 2.92. The van der Waals surface area contributed by atoms with Crippen LogP contribution in [0.1, 0.15) is 0 Å². The van der Waals surface area contributed by atoms with E-state index in [2.05, 4.69) is 4.84 Å². The van der Waals surface area contributed by atoms with Gasteiger partial charge in [0.2, 0.25) is 0 Å². The monoisotopic (exact) mass is 255 g/mol. The van der Waals surface area contributed by atoms with Crippen molar-refractivity contribution in [3.05, 3.63) is 27.2 Å². The van der Waals surface area contributed by atoms with Crippen molar-refractivity contribution in [2.24, 2.45) is 5.90 Å². The van der Waals surface area contributed by atoms with Crippen LogP contribution in [0.3, 0.4) is 0 Å². The van der Waals surface area contributed by atoms with Crippen LogP contribution >= 0.6 is 34.8 Å². The molecule has 78 valence electrons. The molecule has 0 fully saturated rings. The van der Waals surface area contributed by atoms with Crippen molar-refractivity contribution >= 4 is 34.8 Å². The lowest BCUT2D eigenvalue weighted by Gasteiger charge is -2.09. The minimum Gasteiger partial charge on any atom is -0.488 e. The van der Waals surface area contributed by atoms with Crippen molar-refractivity contribution in [1.82, 2.24) is 0 Å². The summed E-state index contributed by atoms with van der Waals surface area (Å²) in [5, 5.41) is 1.18. The smallest absolute Gasteiger partial charge is 0.156 e. The first-order valence-electron chi connectivity index (χ1n) is 3.74. The number of halogens is 3. The molecule has 14 heavy (non-hydrogen) atoms. The second kappa shape index (κ2) is 5.63. The standard InChI is InChI=1S/C8H8Cl3NO2/c9-5-3-6(10)8(7(11)4-5)13-1-2-14-12/h3-4H,1-2,12H2. The summed E-state index contributed by atoms with van der Waals surface area (Å²) in [6.07, 6.45) is 0. The molecule has 2 N–H and O–H groups in total. The van der Waals surface area contributed by atoms with Gasteiger partial charge in [-0.1, -0.05) is 34.8 Å². The van der Waals surface area contributed by atoms with Crippen LogP contribution in [0.5, 0.6) is 5.75 Å². The number of rotatable bonds is 4. The van der Waals surface area contributed by atoms with Gasteiger partial charge in [-0.05, 0) is 12.1 Å². The summed E-state index contributed by atoms with van der Waals surface area (Å²) >= 11 is 17.4. The van der Waals surface area contributed by atoms with E-state index in [1.165, 1.54) is 0 Å². The van der Waals surface area contributed by atoms with Gasteiger partial charge in [-0.2, -0.15) is 0 Å². The van der Waals surface area contributed by atoms with Crippen molar-refractivity contribution < 1.29 is 9.57 Å². The van der Waals surface area contributed by atoms with E-state index in [0.29, 0.717) is 20.8 Å². The SMILES string of the molecule is NOCCOc1c(Cl)cc(Cl)cc1Cl. The number of hydrogen-bond acceptors (Lipinski definition) is 3. The predicted molar refractivity (Wildman–Crippen MR) is 57.1 cm³/mol. The largest absolute Gasteiger partial charge is 0.488 e. The Labute approximate surface area is 96.6 Å². The van der Waals surface area contributed by atoms with Gasteiger partial charge in [0.15, 0.2) is 5.75 Å². The molecule has 0 aliphatic carbocycles. The summed E-state index contributed by atoms with van der Waals surface area (Å²) in [5.41, 5.74) is 0. The van der Waals surface area contributed by atoms with Crippen LogP contribution < -0.4 is 10.6 Å². The lowest BCUT2D eigenvalue weighted by molar-refractivity contribution is 0.102. The third-order valence-corrected chi connectivity index (χ3v) is 2.19. The van der Waals surface area contributed by atoms with Crippen molar-refractivity contribution in [3.63, 3.8) is 0 Å². The molecule has 1 aromatic rings. The Bertz CT molecular complexity index is 296. The van der Waals surface area contributed by atoms with E-state index >= 15 is 0 Å². The fourth-order valence-electron chi connectivity index (χ4n) is 0.859. The van der Waals surface area contributed by atoms with Crippen LogP contribution in [-0.2, 0) is 4.84 Å². The molecule has 0 aliphatic rings. The van der Waals surface area contributed by atoms with Crippen LogP contribution in [-0.4, -0.2) is 13.2 Å². The van der Waals surface area contributed by atoms with Gasteiger partial charge in [0.25, 0.3) is 0 Å². The average molecular weight is 257 g/mol. The second-order valence-corrected chi connectivity index (χ2v) is 3.67. The lowest BCUT2D eigenvalue weighted by Crippen LogP contribution is -2.10. The van der Waals surface area contributed by atoms with Crippen molar-refractivity contribution in [2.75, 3.05) is 13.2 Å². The molecule has 0 radical (unpaired) electrons. The summed E-state index contributed by atoms with van der Waals surface area (Å²) in [6.45, 7) is 0.535. The molecule has 0 atom stereocenters. The van der Waals surface area contributed by atoms with Crippen LogP contribution in [0.4, 0.5) is 0 Å². The van der Waals surface area contributed by atoms with E-state index in [-0.39, 0.29) is 13.2 Å². The summed E-state index contributed by atoms with van der Waals surface area (Å²) < 4.78 is 5.24. The maximum atomic E-state index is 5.85. The zero-order valence-electron chi connectivity index (χ0n) is 7.10. The van der Waals surface area contributed by atoms with Crippen molar-refractivity contribution in [1.29, 1.82) is 0 Å². The van der Waals surface area contributed by atoms with Gasteiger partial charge in [-0.3, -0.25) is 0 Å². The topological polar surface area (TPSA) is 44.5 Å². The zero-order valence-corrected chi connectivity index (χ0v) is 9.36. The van der Waals surface area contributed by atoms with Gasteiger partial charge >= 0.3 is 0 Å². The molecule has 3 nitrogen and oxygen atoms in total. The summed E-state index contributed by atoms with van der Waals surface area (Å²) in [4.78, 5) is 4.33. The molecule has 1 rings (SSSR count). The fraction of sp³-hybridized carbons (Fsp3) is 0.250. The van der Waals surface area contributed by atoms with E-state index in [0.717, 1.165) is 0 Å². The molecule has 0 amide bonds. The first-order chi connectivity index (χ1) is 6.65. The average Bonchev–Trinajstić information content (AvgIpc) is 2.09. The molecule has 0 saturated carbocycles. The first-order valence-corrected chi connectivity index (χ1v) is 4.87. The van der Waals surface area contributed by atoms with E-state index in [1.807, 2.05) is 0 Å². The summed E-state index contributed by atoms with van der Waals surface area (Å²) in [7, 11) is 0. The second-order valence-electron chi connectivity index (χ2n) is 2.42. The van der Waals surface area contributed by atoms with Crippen LogP contribution in [0, 0.1) is 0 Å². The molecule has 6 heteroatoms. The molecule has 1 aromatic carbocycles. The van der Waals surface area contributed by atoms with E-state index in [9.17, 15) is 0 Å². The number of nitrogens with two attached hydrogens (primary N) is 1. The third kappa shape index (κ3) is 3.19. The fourth-order valence-corrected chi connectivity index (χ4v) is 1.78. The number of benzene rings is 1. The Hall–Kier alpha value is -0.190. The van der Waals surface area contributed by atoms with Gasteiger partial charge in [0, 0.05) is 5.02 Å². The Kier molecular flexibility index (Phi) is 4.78. The van der Waals surface area contributed by atoms with Crippen LogP contribution in [0.15, 0.2) is 12.1 Å². The van der Waals surface area contributed by atoms with Crippen molar-refractivity contribution in [2.45, 2.75) is 0 Å². The Morgan fingerprint density at radius 3 is 2.14 bits per heavy atom. The molecule has 0 heterocycles. The lowest BCUT2D eigenvalue weighted by atomic mass is 10.3. The van der Waals surface area contributed by atoms with Gasteiger partial charge < -0.3 is 9.57 Å². The molecule has 0 bridgehead atoms. The molecular formula is C8H8Cl3NO2. The Morgan fingerprint density at radius 1 is 1.07 bits per heavy atom. The summed E-state index contributed by atoms with van der Waals surface area (Å²) in [6, 6.07) is 3.10. The minimum atomic E-state index is 0.259. The highest BCUT2D eigenvalue weighted by atomic mass is 35.5. The highest BCUT2D eigenvalue weighted by Gasteiger charge is 2.08. The maximum absolute atomic E-state index is 5.85. The molecule has 0 spiro atoms. The molecule has 0 saturated heterocycles. The molecule has 0 aromatic heterocycles. The van der Waals surface area contributed by atoms with Gasteiger partial charge in [-0.15, -0.1) is 0 Å². The van der Waals surface area contributed by atoms with E-state index in [1.54, 1.807) is 12.1 Å². The highest BCUT2D eigenvalue weighted by molar-refractivity contribution is 6.40. The summed E-state index contributed by atoms with van der Waals surface area (Å²) in [5.74, 6) is 5.21. The zero-order chi connectivity index (χ0) is 10.6. The van der Waals surface area contributed by atoms with Gasteiger partial charge in [0.05, 0.1) is 10.0 Å². The quantitative estimate of drug-likeness (QED) is 0.665. The highest BCUT2D eigenvalue weighted by Crippen LogP contribution is 2.35.